The average molecular weight is 271 g/mol. The molecule has 0 saturated carbocycles. The fourth-order valence-electron chi connectivity index (χ4n) is 1.10. The Morgan fingerprint density at radius 1 is 1.37 bits per heavy atom. The lowest BCUT2D eigenvalue weighted by molar-refractivity contribution is -0.144. The Balaban J connectivity index is 4.69. The van der Waals surface area contributed by atoms with E-state index in [9.17, 15) is 14.4 Å². The van der Waals surface area contributed by atoms with Crippen LogP contribution in [0.25, 0.3) is 5.53 Å². The van der Waals surface area contributed by atoms with Crippen molar-refractivity contribution in [3.63, 3.8) is 0 Å². The molecule has 0 aromatic carbocycles. The topological polar surface area (TPSA) is 118 Å². The second kappa shape index (κ2) is 7.27. The van der Waals surface area contributed by atoms with Gasteiger partial charge in [-0.05, 0) is 20.8 Å². The number of carbonyl (C=O) groups is 3. The highest BCUT2D eigenvalue weighted by Gasteiger charge is 2.27. The van der Waals surface area contributed by atoms with Gasteiger partial charge in [-0.25, -0.2) is 9.59 Å². The molecule has 0 aliphatic rings. The summed E-state index contributed by atoms with van der Waals surface area (Å²) in [6.07, 6.45) is -0.612. The zero-order chi connectivity index (χ0) is 15.1. The number of ketones is 1. The number of methoxy groups -OCH3 is 1. The monoisotopic (exact) mass is 271 g/mol. The van der Waals surface area contributed by atoms with Crippen molar-refractivity contribution in [2.24, 2.45) is 0 Å². The summed E-state index contributed by atoms with van der Waals surface area (Å²) >= 11 is 0. The second-order valence-corrected chi connectivity index (χ2v) is 4.64. The fourth-order valence-corrected chi connectivity index (χ4v) is 1.10. The van der Waals surface area contributed by atoms with Crippen molar-refractivity contribution in [3.8, 4) is 0 Å². The summed E-state index contributed by atoms with van der Waals surface area (Å²) in [5, 5.41) is 2.21. The van der Waals surface area contributed by atoms with Crippen molar-refractivity contribution in [2.45, 2.75) is 38.8 Å². The Kier molecular flexibility index (Phi) is 6.43. The molecule has 1 atom stereocenters. The number of nitrogens with zero attached hydrogens (tertiary/aromatic N) is 2. The molecule has 0 heterocycles. The number of carbonyl (C=O) groups excluding carboxylic acids is 3. The first-order valence-corrected chi connectivity index (χ1v) is 5.47. The molecule has 8 heteroatoms. The molecule has 0 spiro atoms. The third-order valence-electron chi connectivity index (χ3n) is 1.78. The molecule has 19 heavy (non-hydrogen) atoms. The highest BCUT2D eigenvalue weighted by molar-refractivity contribution is 6.26. The first-order chi connectivity index (χ1) is 8.69. The quantitative estimate of drug-likeness (QED) is 0.334. The fraction of sp³-hybridized carbons (Fsp3) is 0.636. The third kappa shape index (κ3) is 7.67. The first-order valence-electron chi connectivity index (χ1n) is 5.47. The van der Waals surface area contributed by atoms with E-state index in [4.69, 9.17) is 10.3 Å². The number of hydrogen-bond acceptors (Lipinski definition) is 5. The van der Waals surface area contributed by atoms with E-state index >= 15 is 0 Å². The molecular formula is C11H17N3O5. The highest BCUT2D eigenvalue weighted by atomic mass is 16.6. The third-order valence-corrected chi connectivity index (χ3v) is 1.78. The van der Waals surface area contributed by atoms with Crippen LogP contribution in [-0.2, 0) is 19.1 Å². The van der Waals surface area contributed by atoms with Gasteiger partial charge in [-0.3, -0.25) is 4.79 Å². The number of rotatable bonds is 5. The van der Waals surface area contributed by atoms with Gasteiger partial charge >= 0.3 is 18.3 Å². The Labute approximate surface area is 110 Å². The largest absolute Gasteiger partial charge is 0.467 e. The number of ether oxygens (including phenoxy) is 2. The Morgan fingerprint density at radius 2 is 1.95 bits per heavy atom. The summed E-state index contributed by atoms with van der Waals surface area (Å²) in [7, 11) is 1.12. The van der Waals surface area contributed by atoms with E-state index in [1.165, 1.54) is 0 Å². The molecule has 0 aromatic rings. The van der Waals surface area contributed by atoms with E-state index in [0.717, 1.165) is 7.11 Å². The van der Waals surface area contributed by atoms with E-state index in [2.05, 4.69) is 14.8 Å². The summed E-state index contributed by atoms with van der Waals surface area (Å²) < 4.78 is 9.41. The molecule has 106 valence electrons. The molecule has 1 unspecified atom stereocenters. The lowest BCUT2D eigenvalue weighted by Crippen LogP contribution is -2.45. The van der Waals surface area contributed by atoms with Gasteiger partial charge in [0.25, 0.3) is 0 Å². The van der Waals surface area contributed by atoms with Crippen LogP contribution in [0.15, 0.2) is 0 Å². The van der Waals surface area contributed by atoms with Crippen LogP contribution in [0, 0.1) is 0 Å². The lowest BCUT2D eigenvalue weighted by Gasteiger charge is -2.21. The maximum atomic E-state index is 11.5. The minimum absolute atomic E-state index is 0.393. The lowest BCUT2D eigenvalue weighted by atomic mass is 10.1. The number of esters is 1. The number of amides is 1. The van der Waals surface area contributed by atoms with Gasteiger partial charge in [-0.2, -0.15) is 4.79 Å². The minimum atomic E-state index is -1.20. The van der Waals surface area contributed by atoms with E-state index in [1.54, 1.807) is 20.8 Å². The first kappa shape index (κ1) is 16.8. The van der Waals surface area contributed by atoms with Gasteiger partial charge in [0.2, 0.25) is 5.78 Å². The van der Waals surface area contributed by atoms with Crippen LogP contribution >= 0.6 is 0 Å². The molecule has 1 amide bonds. The molecule has 0 rings (SSSR count). The molecule has 0 fully saturated rings. The summed E-state index contributed by atoms with van der Waals surface area (Å²) in [6, 6.07) is -1.20. The van der Waals surface area contributed by atoms with Crippen LogP contribution in [-0.4, -0.2) is 47.6 Å². The minimum Gasteiger partial charge on any atom is -0.467 e. The Bertz CT molecular complexity index is 407. The molecule has 1 N–H and O–H groups in total. The van der Waals surface area contributed by atoms with Crippen molar-refractivity contribution in [2.75, 3.05) is 7.11 Å². The van der Waals surface area contributed by atoms with Crippen molar-refractivity contribution >= 4 is 24.1 Å². The maximum absolute atomic E-state index is 11.5. The summed E-state index contributed by atoms with van der Waals surface area (Å²) in [4.78, 5) is 36.7. The molecule has 8 nitrogen and oxygen atoms in total. The summed E-state index contributed by atoms with van der Waals surface area (Å²) in [6.45, 7) is 4.97. The standard InChI is InChI=1S/C11H17N3O5/c1-11(2,3)19-10(17)14-8(9(16)18-4)5-7(15)6-13-12/h6,8H,5H2,1-4H3,(H,14,17). The molecular weight excluding hydrogens is 254 g/mol. The molecule has 0 radical (unpaired) electrons. The van der Waals surface area contributed by atoms with Gasteiger partial charge in [0.05, 0.1) is 7.11 Å². The van der Waals surface area contributed by atoms with E-state index in [1.807, 2.05) is 0 Å². The van der Waals surface area contributed by atoms with Crippen LogP contribution in [0.1, 0.15) is 27.2 Å². The van der Waals surface area contributed by atoms with Crippen LogP contribution in [0.5, 0.6) is 0 Å². The van der Waals surface area contributed by atoms with Crippen molar-refractivity contribution in [1.29, 1.82) is 0 Å². The number of hydrogen-bond donors (Lipinski definition) is 1. The molecule has 0 aliphatic heterocycles. The number of nitrogens with one attached hydrogen (secondary N) is 1. The number of alkyl carbamates (subject to hydrolysis) is 1. The van der Waals surface area contributed by atoms with Crippen LogP contribution < -0.4 is 5.32 Å². The molecule has 0 bridgehead atoms. The summed E-state index contributed by atoms with van der Waals surface area (Å²) in [5.41, 5.74) is 7.47. The van der Waals surface area contributed by atoms with Crippen molar-refractivity contribution in [3.05, 3.63) is 5.53 Å². The number of Topliss-reactive ketones (excluding diaryl/α,β-unsaturated/α-hetero) is 1. The Morgan fingerprint density at radius 3 is 2.37 bits per heavy atom. The van der Waals surface area contributed by atoms with Crippen LogP contribution in [0.2, 0.25) is 0 Å². The molecule has 0 saturated heterocycles. The zero-order valence-electron chi connectivity index (χ0n) is 11.3. The molecule has 0 aliphatic carbocycles. The van der Waals surface area contributed by atoms with E-state index in [0.29, 0.717) is 6.21 Å². The van der Waals surface area contributed by atoms with Gasteiger partial charge in [0, 0.05) is 6.42 Å². The smallest absolute Gasteiger partial charge is 0.408 e. The predicted octanol–water partition coefficient (Wildman–Crippen LogP) is 0.312. The maximum Gasteiger partial charge on any atom is 0.408 e. The van der Waals surface area contributed by atoms with Gasteiger partial charge in [-0.1, -0.05) is 0 Å². The summed E-state index contributed by atoms with van der Waals surface area (Å²) in [5.74, 6) is -1.44. The van der Waals surface area contributed by atoms with Crippen LogP contribution in [0.4, 0.5) is 4.79 Å². The van der Waals surface area contributed by atoms with E-state index in [-0.39, 0.29) is 0 Å². The van der Waals surface area contributed by atoms with Gasteiger partial charge in [0.1, 0.15) is 11.6 Å². The van der Waals surface area contributed by atoms with Gasteiger partial charge in [0.15, 0.2) is 0 Å². The average Bonchev–Trinajstić information content (AvgIpc) is 2.24. The van der Waals surface area contributed by atoms with Gasteiger partial charge < -0.3 is 20.3 Å². The normalized spacial score (nSPS) is 11.8. The van der Waals surface area contributed by atoms with Crippen LogP contribution in [0.3, 0.4) is 0 Å². The highest BCUT2D eigenvalue weighted by Crippen LogP contribution is 2.07. The second-order valence-electron chi connectivity index (χ2n) is 4.64. The van der Waals surface area contributed by atoms with Crippen molar-refractivity contribution in [1.82, 2.24) is 5.32 Å². The zero-order valence-corrected chi connectivity index (χ0v) is 11.3. The van der Waals surface area contributed by atoms with E-state index < -0.39 is 35.9 Å². The SMILES string of the molecule is COC(=O)C(CC(=O)C=[N+]=[N-])NC(=O)OC(C)(C)C. The Hall–Kier alpha value is -2.21. The molecule has 0 aromatic heterocycles. The van der Waals surface area contributed by atoms with Gasteiger partial charge in [-0.15, -0.1) is 0 Å². The van der Waals surface area contributed by atoms with Crippen molar-refractivity contribution < 1.29 is 28.6 Å². The predicted molar refractivity (Wildman–Crippen MR) is 64.5 cm³/mol.